The largest absolute Gasteiger partial charge is 0.424 e. The van der Waals surface area contributed by atoms with Gasteiger partial charge in [0, 0.05) is 20.0 Å². The number of likely N-dealkylation sites (tertiary alicyclic amines) is 1. The molecule has 2 aliphatic heterocycles. The van der Waals surface area contributed by atoms with Crippen molar-refractivity contribution in [3.05, 3.63) is 11.8 Å². The van der Waals surface area contributed by atoms with Crippen molar-refractivity contribution < 1.29 is 9.15 Å². The zero-order valence-corrected chi connectivity index (χ0v) is 8.85. The summed E-state index contributed by atoms with van der Waals surface area (Å²) in [6.45, 7) is 4.58. The molecule has 0 aromatic carbocycles. The van der Waals surface area contributed by atoms with Gasteiger partial charge in [-0.05, 0) is 12.8 Å². The fourth-order valence-electron chi connectivity index (χ4n) is 2.42. The quantitative estimate of drug-likeness (QED) is 0.719. The van der Waals surface area contributed by atoms with Crippen molar-refractivity contribution in [2.24, 2.45) is 0 Å². The minimum absolute atomic E-state index is 0.424. The number of morpholine rings is 1. The highest BCUT2D eigenvalue weighted by Crippen LogP contribution is 2.26. The predicted molar refractivity (Wildman–Crippen MR) is 52.2 cm³/mol. The summed E-state index contributed by atoms with van der Waals surface area (Å²) in [6, 6.07) is 0. The van der Waals surface area contributed by atoms with Crippen molar-refractivity contribution in [3.8, 4) is 0 Å². The minimum Gasteiger partial charge on any atom is -0.424 e. The topological polar surface area (TPSA) is 51.4 Å². The van der Waals surface area contributed by atoms with Crippen molar-refractivity contribution in [1.82, 2.24) is 15.1 Å². The first-order chi connectivity index (χ1) is 7.29. The standard InChI is InChI=1S/C10H15N3O2/c1-7-11-12-10(14-7)6-13-4-8-2-3-9(5-13)15-8/h8-9H,2-6H2,1H3. The Morgan fingerprint density at radius 1 is 1.27 bits per heavy atom. The zero-order chi connectivity index (χ0) is 10.3. The van der Waals surface area contributed by atoms with Crippen LogP contribution in [0.3, 0.4) is 0 Å². The highest BCUT2D eigenvalue weighted by atomic mass is 16.5. The summed E-state index contributed by atoms with van der Waals surface area (Å²) < 4.78 is 11.1. The second kappa shape index (κ2) is 3.57. The number of hydrogen-bond donors (Lipinski definition) is 0. The molecule has 2 fully saturated rings. The Labute approximate surface area is 88.4 Å². The summed E-state index contributed by atoms with van der Waals surface area (Å²) in [5.41, 5.74) is 0. The zero-order valence-electron chi connectivity index (χ0n) is 8.85. The average molecular weight is 209 g/mol. The molecule has 82 valence electrons. The number of ether oxygens (including phenoxy) is 1. The smallest absolute Gasteiger partial charge is 0.230 e. The van der Waals surface area contributed by atoms with E-state index in [1.807, 2.05) is 6.92 Å². The fraction of sp³-hybridized carbons (Fsp3) is 0.800. The van der Waals surface area contributed by atoms with Crippen molar-refractivity contribution in [1.29, 1.82) is 0 Å². The number of fused-ring (bicyclic) bond motifs is 2. The van der Waals surface area contributed by atoms with Gasteiger partial charge in [-0.25, -0.2) is 0 Å². The van der Waals surface area contributed by atoms with Crippen LogP contribution in [0, 0.1) is 6.92 Å². The van der Waals surface area contributed by atoms with Crippen LogP contribution in [0.2, 0.25) is 0 Å². The number of nitrogens with zero attached hydrogens (tertiary/aromatic N) is 3. The molecule has 5 nitrogen and oxygen atoms in total. The Hall–Kier alpha value is -0.940. The molecule has 0 amide bonds. The first-order valence-electron chi connectivity index (χ1n) is 5.46. The Kier molecular flexibility index (Phi) is 2.21. The van der Waals surface area contributed by atoms with Crippen LogP contribution in [0.5, 0.6) is 0 Å². The SMILES string of the molecule is Cc1nnc(CN2CC3CCC(C2)O3)o1. The molecule has 0 spiro atoms. The Balaban J connectivity index is 1.64. The molecular formula is C10H15N3O2. The summed E-state index contributed by atoms with van der Waals surface area (Å²) >= 11 is 0. The summed E-state index contributed by atoms with van der Waals surface area (Å²) in [4.78, 5) is 2.35. The Morgan fingerprint density at radius 2 is 2.00 bits per heavy atom. The van der Waals surface area contributed by atoms with E-state index in [-0.39, 0.29) is 0 Å². The summed E-state index contributed by atoms with van der Waals surface area (Å²) in [7, 11) is 0. The predicted octanol–water partition coefficient (Wildman–Crippen LogP) is 0.741. The van der Waals surface area contributed by atoms with Gasteiger partial charge in [0.25, 0.3) is 0 Å². The lowest BCUT2D eigenvalue weighted by molar-refractivity contribution is -0.0432. The van der Waals surface area contributed by atoms with E-state index < -0.39 is 0 Å². The Bertz CT molecular complexity index is 340. The third-order valence-electron chi connectivity index (χ3n) is 3.05. The third-order valence-corrected chi connectivity index (χ3v) is 3.05. The molecule has 5 heteroatoms. The molecule has 3 rings (SSSR count). The normalized spacial score (nSPS) is 31.0. The van der Waals surface area contributed by atoms with E-state index >= 15 is 0 Å². The molecule has 2 aliphatic rings. The van der Waals surface area contributed by atoms with Gasteiger partial charge in [0.15, 0.2) is 0 Å². The van der Waals surface area contributed by atoms with Gasteiger partial charge in [-0.2, -0.15) is 0 Å². The first-order valence-corrected chi connectivity index (χ1v) is 5.46. The van der Waals surface area contributed by atoms with Gasteiger partial charge in [-0.1, -0.05) is 0 Å². The Morgan fingerprint density at radius 3 is 2.60 bits per heavy atom. The van der Waals surface area contributed by atoms with E-state index in [1.54, 1.807) is 0 Å². The number of aromatic nitrogens is 2. The van der Waals surface area contributed by atoms with Gasteiger partial charge in [-0.3, -0.25) is 4.90 Å². The lowest BCUT2D eigenvalue weighted by Crippen LogP contribution is -2.42. The van der Waals surface area contributed by atoms with Gasteiger partial charge in [-0.15, -0.1) is 10.2 Å². The van der Waals surface area contributed by atoms with Crippen LogP contribution in [0.1, 0.15) is 24.6 Å². The number of rotatable bonds is 2. The molecule has 1 aromatic rings. The molecule has 2 atom stereocenters. The summed E-state index contributed by atoms with van der Waals surface area (Å²) in [5, 5.41) is 7.84. The molecule has 2 saturated heterocycles. The number of hydrogen-bond acceptors (Lipinski definition) is 5. The fourth-order valence-corrected chi connectivity index (χ4v) is 2.42. The minimum atomic E-state index is 0.424. The first kappa shape index (κ1) is 9.30. The molecule has 1 aromatic heterocycles. The maximum Gasteiger partial charge on any atom is 0.230 e. The van der Waals surface area contributed by atoms with Gasteiger partial charge < -0.3 is 9.15 Å². The maximum atomic E-state index is 5.76. The van der Waals surface area contributed by atoms with Crippen molar-refractivity contribution in [3.63, 3.8) is 0 Å². The maximum absolute atomic E-state index is 5.76. The van der Waals surface area contributed by atoms with Crippen LogP contribution in [0.4, 0.5) is 0 Å². The van der Waals surface area contributed by atoms with Crippen molar-refractivity contribution in [2.75, 3.05) is 13.1 Å². The lowest BCUT2D eigenvalue weighted by atomic mass is 10.2. The van der Waals surface area contributed by atoms with Crippen LogP contribution in [-0.2, 0) is 11.3 Å². The van der Waals surface area contributed by atoms with E-state index in [9.17, 15) is 0 Å². The van der Waals surface area contributed by atoms with Gasteiger partial charge in [0.05, 0.1) is 18.8 Å². The second-order valence-electron chi connectivity index (χ2n) is 4.37. The molecule has 0 saturated carbocycles. The number of aryl methyl sites for hydroxylation is 1. The van der Waals surface area contributed by atoms with E-state index in [1.165, 1.54) is 12.8 Å². The van der Waals surface area contributed by atoms with Crippen LogP contribution < -0.4 is 0 Å². The molecule has 3 heterocycles. The molecule has 2 unspecified atom stereocenters. The van der Waals surface area contributed by atoms with E-state index in [2.05, 4.69) is 15.1 Å². The van der Waals surface area contributed by atoms with Crippen molar-refractivity contribution >= 4 is 0 Å². The van der Waals surface area contributed by atoms with Gasteiger partial charge >= 0.3 is 0 Å². The van der Waals surface area contributed by atoms with E-state index in [0.717, 1.165) is 19.6 Å². The summed E-state index contributed by atoms with van der Waals surface area (Å²) in [6.07, 6.45) is 3.24. The van der Waals surface area contributed by atoms with Crippen LogP contribution in [-0.4, -0.2) is 40.4 Å². The monoisotopic (exact) mass is 209 g/mol. The highest BCUT2D eigenvalue weighted by Gasteiger charge is 2.33. The molecule has 2 bridgehead atoms. The van der Waals surface area contributed by atoms with Gasteiger partial charge in [0.2, 0.25) is 11.8 Å². The second-order valence-corrected chi connectivity index (χ2v) is 4.37. The molecule has 0 N–H and O–H groups in total. The van der Waals surface area contributed by atoms with E-state index in [4.69, 9.17) is 9.15 Å². The van der Waals surface area contributed by atoms with Crippen molar-refractivity contribution in [2.45, 2.75) is 38.5 Å². The van der Waals surface area contributed by atoms with Crippen LogP contribution in [0.15, 0.2) is 4.42 Å². The average Bonchev–Trinajstić information content (AvgIpc) is 2.74. The van der Waals surface area contributed by atoms with Crippen LogP contribution in [0.25, 0.3) is 0 Å². The van der Waals surface area contributed by atoms with Crippen LogP contribution >= 0.6 is 0 Å². The summed E-state index contributed by atoms with van der Waals surface area (Å²) in [5.74, 6) is 1.36. The lowest BCUT2D eigenvalue weighted by Gasteiger charge is -2.30. The molecular weight excluding hydrogens is 194 g/mol. The van der Waals surface area contributed by atoms with E-state index in [0.29, 0.717) is 24.0 Å². The molecule has 0 radical (unpaired) electrons. The molecule has 0 aliphatic carbocycles. The van der Waals surface area contributed by atoms with Gasteiger partial charge in [0.1, 0.15) is 0 Å². The molecule has 15 heavy (non-hydrogen) atoms. The highest BCUT2D eigenvalue weighted by molar-refractivity contribution is 4.87. The third kappa shape index (κ3) is 1.89.